The fourth-order valence-corrected chi connectivity index (χ4v) is 6.09. The van der Waals surface area contributed by atoms with Crippen LogP contribution in [0.2, 0.25) is 10.0 Å². The Morgan fingerprint density at radius 3 is 1.52 bits per heavy atom. The van der Waals surface area contributed by atoms with Crippen LogP contribution < -0.4 is 11.0 Å². The molecule has 244 valence electrons. The number of pyridine rings is 2. The predicted molar refractivity (Wildman–Crippen MR) is 191 cm³/mol. The SMILES string of the molecule is CCc1cc(NOC(=O)/C=C/C(=O)ONc2cc(CC)nc(C3=Cc4cc(Cl)ccc4CC3)c2)cc(C2=Cc3cc(Cl)ccc3CC2)n1. The Morgan fingerprint density at radius 2 is 1.10 bits per heavy atom. The van der Waals surface area contributed by atoms with E-state index in [1.807, 2.05) is 62.4 Å². The van der Waals surface area contributed by atoms with Gasteiger partial charge in [0.05, 0.1) is 22.8 Å². The molecule has 0 spiro atoms. The van der Waals surface area contributed by atoms with E-state index in [0.717, 1.165) is 82.9 Å². The fourth-order valence-electron chi connectivity index (χ4n) is 5.73. The minimum absolute atomic E-state index is 0.570. The summed E-state index contributed by atoms with van der Waals surface area (Å²) in [7, 11) is 0. The van der Waals surface area contributed by atoms with E-state index >= 15 is 0 Å². The molecule has 0 amide bonds. The highest BCUT2D eigenvalue weighted by Gasteiger charge is 2.17. The average molecular weight is 682 g/mol. The van der Waals surface area contributed by atoms with Gasteiger partial charge in [0.15, 0.2) is 0 Å². The molecule has 10 heteroatoms. The summed E-state index contributed by atoms with van der Waals surface area (Å²) < 4.78 is 0. The molecule has 2 N–H and O–H groups in total. The number of aryl methyl sites for hydroxylation is 4. The maximum Gasteiger partial charge on any atom is 0.355 e. The van der Waals surface area contributed by atoms with Crippen LogP contribution in [0, 0.1) is 0 Å². The Hall–Kier alpha value is -4.92. The molecule has 48 heavy (non-hydrogen) atoms. The molecule has 0 bridgehead atoms. The summed E-state index contributed by atoms with van der Waals surface area (Å²) in [4.78, 5) is 44.9. The van der Waals surface area contributed by atoms with Gasteiger partial charge in [0.1, 0.15) is 0 Å². The molecular formula is C38H34Cl2N4O4. The van der Waals surface area contributed by atoms with Crippen molar-refractivity contribution in [3.05, 3.63) is 128 Å². The van der Waals surface area contributed by atoms with Crippen molar-refractivity contribution in [1.29, 1.82) is 0 Å². The number of fused-ring (bicyclic) bond motifs is 2. The van der Waals surface area contributed by atoms with Crippen molar-refractivity contribution in [3.63, 3.8) is 0 Å². The fraction of sp³-hybridized carbons (Fsp3) is 0.211. The highest BCUT2D eigenvalue weighted by atomic mass is 35.5. The van der Waals surface area contributed by atoms with E-state index in [4.69, 9.17) is 42.8 Å². The molecule has 6 rings (SSSR count). The summed E-state index contributed by atoms with van der Waals surface area (Å²) >= 11 is 12.4. The topological polar surface area (TPSA) is 102 Å². The predicted octanol–water partition coefficient (Wildman–Crippen LogP) is 8.88. The smallest absolute Gasteiger partial charge is 0.339 e. The number of hydrogen-bond acceptors (Lipinski definition) is 8. The zero-order valence-corrected chi connectivity index (χ0v) is 28.1. The maximum absolute atomic E-state index is 12.5. The summed E-state index contributed by atoms with van der Waals surface area (Å²) in [6, 6.07) is 19.1. The number of benzene rings is 2. The molecule has 2 aliphatic carbocycles. The second-order valence-corrected chi connectivity index (χ2v) is 12.4. The van der Waals surface area contributed by atoms with E-state index < -0.39 is 11.9 Å². The van der Waals surface area contributed by atoms with Gasteiger partial charge in [0.25, 0.3) is 0 Å². The first-order valence-electron chi connectivity index (χ1n) is 15.9. The van der Waals surface area contributed by atoms with Crippen molar-refractivity contribution in [1.82, 2.24) is 9.97 Å². The van der Waals surface area contributed by atoms with E-state index in [2.05, 4.69) is 35.2 Å². The van der Waals surface area contributed by atoms with Gasteiger partial charge in [0.2, 0.25) is 0 Å². The van der Waals surface area contributed by atoms with Gasteiger partial charge in [0, 0.05) is 33.6 Å². The normalized spacial score (nSPS) is 13.6. The van der Waals surface area contributed by atoms with Crippen LogP contribution in [-0.4, -0.2) is 21.9 Å². The number of nitrogens with one attached hydrogen (secondary N) is 2. The van der Waals surface area contributed by atoms with E-state index in [1.54, 1.807) is 0 Å². The number of aromatic nitrogens is 2. The highest BCUT2D eigenvalue weighted by Crippen LogP contribution is 2.34. The van der Waals surface area contributed by atoms with Gasteiger partial charge >= 0.3 is 11.9 Å². The van der Waals surface area contributed by atoms with Crippen molar-refractivity contribution in [2.24, 2.45) is 0 Å². The second kappa shape index (κ2) is 14.9. The van der Waals surface area contributed by atoms with Crippen LogP contribution in [0.5, 0.6) is 0 Å². The molecule has 0 saturated carbocycles. The number of anilines is 2. The van der Waals surface area contributed by atoms with Crippen molar-refractivity contribution in [2.75, 3.05) is 11.0 Å². The lowest BCUT2D eigenvalue weighted by atomic mass is 9.90. The third kappa shape index (κ3) is 8.13. The van der Waals surface area contributed by atoms with E-state index in [-0.39, 0.29) is 0 Å². The zero-order chi connectivity index (χ0) is 33.6. The quantitative estimate of drug-likeness (QED) is 0.126. The molecule has 0 unspecified atom stereocenters. The van der Waals surface area contributed by atoms with Crippen molar-refractivity contribution < 1.29 is 19.3 Å². The lowest BCUT2D eigenvalue weighted by Gasteiger charge is -2.18. The summed E-state index contributed by atoms with van der Waals surface area (Å²) in [5, 5.41) is 1.37. The third-order valence-corrected chi connectivity index (χ3v) is 8.71. The molecule has 0 aliphatic heterocycles. The van der Waals surface area contributed by atoms with Crippen LogP contribution in [0.4, 0.5) is 11.4 Å². The van der Waals surface area contributed by atoms with Gasteiger partial charge in [-0.3, -0.25) is 9.97 Å². The standard InChI is InChI=1S/C38H34Cl2N4O4/c1-3-31-19-33(21-35(41-31)25-7-5-23-9-11-29(39)17-27(23)15-25)43-47-37(45)13-14-38(46)48-44-34-20-32(4-2)42-36(22-34)26-8-6-24-10-12-30(40)18-28(24)16-26/h9-22H,3-8H2,1-2H3,(H,41,43)(H,42,44)/b14-13+. The average Bonchev–Trinajstić information content (AvgIpc) is 3.11. The van der Waals surface area contributed by atoms with E-state index in [1.165, 1.54) is 11.1 Å². The molecular weight excluding hydrogens is 647 g/mol. The van der Waals surface area contributed by atoms with Crippen molar-refractivity contribution in [2.45, 2.75) is 52.4 Å². The molecule has 8 nitrogen and oxygen atoms in total. The number of carbonyl (C=O) groups excluding carboxylic acids is 2. The highest BCUT2D eigenvalue weighted by molar-refractivity contribution is 6.31. The first kappa shape index (κ1) is 33.0. The van der Waals surface area contributed by atoms with Gasteiger partial charge in [-0.25, -0.2) is 20.5 Å². The van der Waals surface area contributed by atoms with E-state index in [0.29, 0.717) is 34.3 Å². The van der Waals surface area contributed by atoms with Gasteiger partial charge in [-0.2, -0.15) is 0 Å². The Morgan fingerprint density at radius 1 is 0.667 bits per heavy atom. The first-order valence-corrected chi connectivity index (χ1v) is 16.6. The second-order valence-electron chi connectivity index (χ2n) is 11.6. The van der Waals surface area contributed by atoms with Gasteiger partial charge in [-0.15, -0.1) is 0 Å². The van der Waals surface area contributed by atoms with Crippen LogP contribution in [0.1, 0.15) is 71.7 Å². The van der Waals surface area contributed by atoms with Gasteiger partial charge in [-0.1, -0.05) is 49.2 Å². The molecule has 2 aromatic heterocycles. The molecule has 2 heterocycles. The van der Waals surface area contributed by atoms with Crippen LogP contribution in [0.3, 0.4) is 0 Å². The van der Waals surface area contributed by atoms with Crippen molar-refractivity contribution in [3.8, 4) is 0 Å². The summed E-state index contributed by atoms with van der Waals surface area (Å²) in [5.74, 6) is -1.54. The summed E-state index contributed by atoms with van der Waals surface area (Å²) in [5.41, 5.74) is 16.6. The molecule has 0 atom stereocenters. The maximum atomic E-state index is 12.5. The zero-order valence-electron chi connectivity index (χ0n) is 26.6. The van der Waals surface area contributed by atoms with Crippen LogP contribution in [0.15, 0.2) is 72.8 Å². The Bertz CT molecular complexity index is 1840. The molecule has 0 saturated heterocycles. The monoisotopic (exact) mass is 680 g/mol. The van der Waals surface area contributed by atoms with Crippen LogP contribution in [0.25, 0.3) is 23.3 Å². The number of allylic oxidation sites excluding steroid dienone is 2. The Balaban J connectivity index is 1.06. The van der Waals surface area contributed by atoms with Crippen LogP contribution >= 0.6 is 23.2 Å². The Kier molecular flexibility index (Phi) is 10.2. The molecule has 0 fully saturated rings. The first-order chi connectivity index (χ1) is 23.3. The van der Waals surface area contributed by atoms with Crippen LogP contribution in [-0.2, 0) is 44.9 Å². The Labute approximate surface area is 289 Å². The molecule has 2 aliphatic rings. The summed E-state index contributed by atoms with van der Waals surface area (Å²) in [6.45, 7) is 4.01. The third-order valence-electron chi connectivity index (χ3n) is 8.24. The number of rotatable bonds is 10. The number of nitrogens with zero attached hydrogens (tertiary/aromatic N) is 2. The molecule has 0 radical (unpaired) electrons. The van der Waals surface area contributed by atoms with Crippen molar-refractivity contribution >= 4 is 69.8 Å². The lowest BCUT2D eigenvalue weighted by molar-refractivity contribution is -0.137. The summed E-state index contributed by atoms with van der Waals surface area (Å²) in [6.07, 6.45) is 11.0. The number of carbonyl (C=O) groups is 2. The number of hydrogen-bond donors (Lipinski definition) is 2. The van der Waals surface area contributed by atoms with Gasteiger partial charge < -0.3 is 9.68 Å². The number of halogens is 2. The molecule has 4 aromatic rings. The van der Waals surface area contributed by atoms with E-state index in [9.17, 15) is 9.59 Å². The molecule has 2 aromatic carbocycles. The lowest BCUT2D eigenvalue weighted by Crippen LogP contribution is -2.12. The largest absolute Gasteiger partial charge is 0.355 e. The minimum Gasteiger partial charge on any atom is -0.339 e. The minimum atomic E-state index is -0.770. The van der Waals surface area contributed by atoms with Gasteiger partial charge in [-0.05, 0) is 133 Å².